The molecule has 2 aromatic rings. The van der Waals surface area contributed by atoms with Gasteiger partial charge in [0.15, 0.2) is 6.61 Å². The number of amides is 1. The monoisotopic (exact) mass is 417 g/mol. The molecule has 0 bridgehead atoms. The van der Waals surface area contributed by atoms with Crippen LogP contribution >= 0.6 is 0 Å². The van der Waals surface area contributed by atoms with E-state index < -0.39 is 36.2 Å². The van der Waals surface area contributed by atoms with Crippen LogP contribution in [0.5, 0.6) is 5.75 Å². The van der Waals surface area contributed by atoms with E-state index in [9.17, 15) is 35.9 Å². The summed E-state index contributed by atoms with van der Waals surface area (Å²) in [7, 11) is 0. The van der Waals surface area contributed by atoms with Gasteiger partial charge in [0.1, 0.15) is 5.75 Å². The first-order chi connectivity index (χ1) is 13.5. The van der Waals surface area contributed by atoms with Crippen molar-refractivity contribution in [2.45, 2.75) is 18.8 Å². The van der Waals surface area contributed by atoms with Gasteiger partial charge in [0, 0.05) is 18.7 Å². The zero-order valence-corrected chi connectivity index (χ0v) is 14.6. The normalized spacial score (nSPS) is 15.2. The smallest absolute Gasteiger partial charge is 0.422 e. The zero-order chi connectivity index (χ0) is 21.4. The third kappa shape index (κ3) is 4.69. The van der Waals surface area contributed by atoms with Gasteiger partial charge in [0.25, 0.3) is 5.91 Å². The Labute approximate surface area is 160 Å². The van der Waals surface area contributed by atoms with E-state index >= 15 is 0 Å². The number of carbonyl (C=O) groups excluding carboxylic acids is 2. The summed E-state index contributed by atoms with van der Waals surface area (Å²) in [4.78, 5) is 24.4. The highest BCUT2D eigenvalue weighted by Crippen LogP contribution is 2.40. The summed E-state index contributed by atoms with van der Waals surface area (Å²) in [6, 6.07) is 7.72. The number of hydrogen-bond acceptors (Lipinski definition) is 3. The molecule has 0 saturated carbocycles. The SMILES string of the molecule is O=C1CCN(c2ccc(C(F)(F)F)c(-c3cccc(OCC(F)(F)F)c3)c2)C1=O. The molecule has 1 saturated heterocycles. The average Bonchev–Trinajstić information content (AvgIpc) is 2.97. The number of anilines is 1. The Kier molecular flexibility index (Phi) is 5.29. The molecule has 2 aromatic carbocycles. The van der Waals surface area contributed by atoms with Crippen molar-refractivity contribution in [2.24, 2.45) is 0 Å². The van der Waals surface area contributed by atoms with E-state index in [1.165, 1.54) is 18.2 Å². The van der Waals surface area contributed by atoms with Crippen LogP contribution in [0.2, 0.25) is 0 Å². The third-order valence-electron chi connectivity index (χ3n) is 4.21. The van der Waals surface area contributed by atoms with Gasteiger partial charge in [-0.2, -0.15) is 26.3 Å². The molecule has 1 amide bonds. The number of alkyl halides is 6. The summed E-state index contributed by atoms with van der Waals surface area (Å²) in [5.41, 5.74) is -1.34. The molecule has 0 aromatic heterocycles. The molecule has 0 atom stereocenters. The van der Waals surface area contributed by atoms with Gasteiger partial charge < -0.3 is 9.64 Å². The molecule has 10 heteroatoms. The number of halogens is 6. The van der Waals surface area contributed by atoms with Gasteiger partial charge in [-0.1, -0.05) is 12.1 Å². The second kappa shape index (κ2) is 7.41. The molecule has 0 unspecified atom stereocenters. The Balaban J connectivity index is 2.03. The van der Waals surface area contributed by atoms with Crippen LogP contribution in [0.25, 0.3) is 11.1 Å². The molecule has 0 spiro atoms. The summed E-state index contributed by atoms with van der Waals surface area (Å²) in [5, 5.41) is 0. The maximum absolute atomic E-state index is 13.5. The van der Waals surface area contributed by atoms with E-state index in [0.29, 0.717) is 0 Å². The Morgan fingerprint density at radius 3 is 2.28 bits per heavy atom. The number of ether oxygens (including phenoxy) is 1. The summed E-state index contributed by atoms with van der Waals surface area (Å²) >= 11 is 0. The van der Waals surface area contributed by atoms with Crippen molar-refractivity contribution < 1.29 is 40.7 Å². The predicted molar refractivity (Wildman–Crippen MR) is 90.4 cm³/mol. The maximum atomic E-state index is 13.5. The highest BCUT2D eigenvalue weighted by Gasteiger charge is 2.36. The first kappa shape index (κ1) is 20.7. The summed E-state index contributed by atoms with van der Waals surface area (Å²) in [6.45, 7) is -1.55. The Morgan fingerprint density at radius 2 is 1.69 bits per heavy atom. The predicted octanol–water partition coefficient (Wildman–Crippen LogP) is 4.62. The van der Waals surface area contributed by atoms with Crippen LogP contribution in [0, 0.1) is 0 Å². The lowest BCUT2D eigenvalue weighted by molar-refractivity contribution is -0.153. The van der Waals surface area contributed by atoms with E-state index in [1.807, 2.05) is 0 Å². The van der Waals surface area contributed by atoms with Crippen LogP contribution in [-0.4, -0.2) is 31.0 Å². The number of ketones is 1. The molecule has 0 radical (unpaired) electrons. The van der Waals surface area contributed by atoms with Gasteiger partial charge in [-0.3, -0.25) is 9.59 Å². The van der Waals surface area contributed by atoms with E-state index in [2.05, 4.69) is 4.74 Å². The lowest BCUT2D eigenvalue weighted by Gasteiger charge is -2.20. The molecule has 1 heterocycles. The molecule has 1 fully saturated rings. The number of nitrogens with zero attached hydrogens (tertiary/aromatic N) is 1. The Morgan fingerprint density at radius 1 is 0.966 bits per heavy atom. The largest absolute Gasteiger partial charge is 0.484 e. The van der Waals surface area contributed by atoms with Crippen molar-refractivity contribution in [3.63, 3.8) is 0 Å². The van der Waals surface area contributed by atoms with Crippen LogP contribution in [-0.2, 0) is 15.8 Å². The van der Waals surface area contributed by atoms with E-state index in [-0.39, 0.29) is 35.5 Å². The average molecular weight is 417 g/mol. The first-order valence-electron chi connectivity index (χ1n) is 8.31. The lowest BCUT2D eigenvalue weighted by Crippen LogP contribution is -2.27. The van der Waals surface area contributed by atoms with Gasteiger partial charge in [0.2, 0.25) is 5.78 Å². The van der Waals surface area contributed by atoms with E-state index in [0.717, 1.165) is 29.2 Å². The quantitative estimate of drug-likeness (QED) is 0.539. The van der Waals surface area contributed by atoms with Crippen LogP contribution in [0.3, 0.4) is 0 Å². The maximum Gasteiger partial charge on any atom is 0.422 e. The molecule has 1 aliphatic rings. The molecular weight excluding hydrogens is 404 g/mol. The van der Waals surface area contributed by atoms with Crippen molar-refractivity contribution in [3.05, 3.63) is 48.0 Å². The molecule has 29 heavy (non-hydrogen) atoms. The van der Waals surface area contributed by atoms with Gasteiger partial charge in [-0.15, -0.1) is 0 Å². The number of rotatable bonds is 4. The molecule has 154 valence electrons. The molecule has 4 nitrogen and oxygen atoms in total. The van der Waals surface area contributed by atoms with Crippen LogP contribution in [0.15, 0.2) is 42.5 Å². The standard InChI is InChI=1S/C19H13F6NO3/c20-18(21,22)10-29-13-3-1-2-11(8-13)14-9-12(4-5-15(14)19(23,24)25)26-7-6-16(27)17(26)28/h1-5,8-9H,6-7,10H2. The second-order valence-corrected chi connectivity index (χ2v) is 6.29. The highest BCUT2D eigenvalue weighted by atomic mass is 19.4. The van der Waals surface area contributed by atoms with E-state index in [1.54, 1.807) is 0 Å². The number of hydrogen-bond donors (Lipinski definition) is 0. The molecule has 0 N–H and O–H groups in total. The fraction of sp³-hybridized carbons (Fsp3) is 0.263. The summed E-state index contributed by atoms with van der Waals surface area (Å²) in [5.74, 6) is -1.72. The fourth-order valence-corrected chi connectivity index (χ4v) is 2.92. The minimum absolute atomic E-state index is 0.0389. The van der Waals surface area contributed by atoms with Gasteiger partial charge in [0.05, 0.1) is 5.56 Å². The third-order valence-corrected chi connectivity index (χ3v) is 4.21. The number of Topliss-reactive ketones (excluding diaryl/α,β-unsaturated/α-hetero) is 1. The van der Waals surface area contributed by atoms with Crippen molar-refractivity contribution in [1.82, 2.24) is 0 Å². The zero-order valence-electron chi connectivity index (χ0n) is 14.6. The highest BCUT2D eigenvalue weighted by molar-refractivity contribution is 6.43. The van der Waals surface area contributed by atoms with Crippen molar-refractivity contribution in [1.29, 1.82) is 0 Å². The summed E-state index contributed by atoms with van der Waals surface area (Å²) in [6.07, 6.45) is -9.40. The Bertz CT molecular complexity index is 952. The number of carbonyl (C=O) groups is 2. The summed E-state index contributed by atoms with van der Waals surface area (Å²) < 4.78 is 82.0. The van der Waals surface area contributed by atoms with Gasteiger partial charge >= 0.3 is 12.4 Å². The lowest BCUT2D eigenvalue weighted by atomic mass is 9.98. The van der Waals surface area contributed by atoms with Crippen LogP contribution in [0.4, 0.5) is 32.0 Å². The fourth-order valence-electron chi connectivity index (χ4n) is 2.92. The molecule has 0 aliphatic carbocycles. The molecular formula is C19H13F6NO3. The number of benzene rings is 2. The molecule has 3 rings (SSSR count). The first-order valence-corrected chi connectivity index (χ1v) is 8.31. The topological polar surface area (TPSA) is 46.6 Å². The minimum Gasteiger partial charge on any atom is -0.484 e. The van der Waals surface area contributed by atoms with Gasteiger partial charge in [-0.25, -0.2) is 0 Å². The molecule has 1 aliphatic heterocycles. The van der Waals surface area contributed by atoms with Gasteiger partial charge in [-0.05, 0) is 41.5 Å². The van der Waals surface area contributed by atoms with Crippen molar-refractivity contribution in [3.8, 4) is 16.9 Å². The van der Waals surface area contributed by atoms with E-state index in [4.69, 9.17) is 0 Å². The van der Waals surface area contributed by atoms with Crippen LogP contribution < -0.4 is 9.64 Å². The van der Waals surface area contributed by atoms with Crippen molar-refractivity contribution >= 4 is 17.4 Å². The Hall–Kier alpha value is -3.04. The van der Waals surface area contributed by atoms with Crippen molar-refractivity contribution in [2.75, 3.05) is 18.1 Å². The minimum atomic E-state index is -4.75. The van der Waals surface area contributed by atoms with Crippen LogP contribution in [0.1, 0.15) is 12.0 Å². The second-order valence-electron chi connectivity index (χ2n) is 6.29.